The van der Waals surface area contributed by atoms with Crippen molar-refractivity contribution in [2.45, 2.75) is 11.7 Å². The highest BCUT2D eigenvalue weighted by Crippen LogP contribution is 2.57. The normalized spacial score (nSPS) is 25.1. The van der Waals surface area contributed by atoms with Gasteiger partial charge in [0.05, 0.1) is 23.6 Å². The van der Waals surface area contributed by atoms with Crippen molar-refractivity contribution in [3.8, 4) is 0 Å². The lowest BCUT2D eigenvalue weighted by molar-refractivity contribution is -0.127. The van der Waals surface area contributed by atoms with Gasteiger partial charge in [-0.25, -0.2) is 4.90 Å². The van der Waals surface area contributed by atoms with Crippen molar-refractivity contribution >= 4 is 40.7 Å². The first-order chi connectivity index (χ1) is 15.9. The summed E-state index contributed by atoms with van der Waals surface area (Å²) >= 11 is 6.11. The van der Waals surface area contributed by atoms with Crippen molar-refractivity contribution in [2.24, 2.45) is 11.8 Å². The molecule has 3 aromatic carbocycles. The summed E-state index contributed by atoms with van der Waals surface area (Å²) in [6.45, 7) is 0. The van der Waals surface area contributed by atoms with Gasteiger partial charge in [0.1, 0.15) is 0 Å². The van der Waals surface area contributed by atoms with Crippen LogP contribution < -0.4 is 4.90 Å². The van der Waals surface area contributed by atoms with Gasteiger partial charge < -0.3 is 4.74 Å². The van der Waals surface area contributed by atoms with E-state index in [2.05, 4.69) is 0 Å². The lowest BCUT2D eigenvalue weighted by Crippen LogP contribution is -2.51. The number of amides is 2. The number of ketones is 2. The van der Waals surface area contributed by atoms with Crippen molar-refractivity contribution < 1.29 is 23.9 Å². The molecule has 2 heterocycles. The van der Waals surface area contributed by atoms with E-state index in [-0.39, 0.29) is 11.1 Å². The number of rotatable bonds is 2. The third kappa shape index (κ3) is 2.53. The number of halogens is 1. The number of carbonyl (C=O) groups is 4. The summed E-state index contributed by atoms with van der Waals surface area (Å²) in [5.74, 6) is -4.62. The Bertz CT molecular complexity index is 1330. The van der Waals surface area contributed by atoms with E-state index in [0.29, 0.717) is 16.3 Å². The van der Waals surface area contributed by atoms with Gasteiger partial charge in [-0.15, -0.1) is 0 Å². The highest BCUT2D eigenvalue weighted by Gasteiger charge is 2.74. The molecular weight excluding hydrogens is 442 g/mol. The summed E-state index contributed by atoms with van der Waals surface area (Å²) in [6.07, 6.45) is -0.931. The second-order valence-electron chi connectivity index (χ2n) is 8.38. The number of hydrogen-bond acceptors (Lipinski definition) is 5. The Kier molecular flexibility index (Phi) is 4.21. The molecule has 162 valence electrons. The number of nitrogens with zero attached hydrogens (tertiary/aromatic N) is 1. The third-order valence-electron chi connectivity index (χ3n) is 6.71. The molecule has 0 radical (unpaired) electrons. The molecule has 2 saturated heterocycles. The average molecular weight is 458 g/mol. The highest BCUT2D eigenvalue weighted by atomic mass is 35.5. The Morgan fingerprint density at radius 2 is 1.39 bits per heavy atom. The van der Waals surface area contributed by atoms with Crippen LogP contribution in [0, 0.1) is 11.8 Å². The van der Waals surface area contributed by atoms with Crippen LogP contribution in [0.25, 0.3) is 0 Å². The largest absolute Gasteiger partial charge is 0.349 e. The number of imide groups is 1. The standard InChI is InChI=1S/C26H16ClNO5/c27-15-9-6-10-16(13-15)28-24(31)19-20(25(28)32)26(33-21(19)14-7-2-1-3-8-14)22(29)17-11-4-5-12-18(17)23(26)30/h1-13,19-21H/t19-,20+,21-/m1/s1. The highest BCUT2D eigenvalue weighted by molar-refractivity contribution is 6.37. The molecule has 3 aliphatic rings. The Balaban J connectivity index is 1.56. The maximum atomic E-state index is 13.8. The number of ether oxygens (including phenoxy) is 1. The van der Waals surface area contributed by atoms with E-state index in [0.717, 1.165) is 4.90 Å². The first kappa shape index (κ1) is 20.0. The van der Waals surface area contributed by atoms with E-state index in [9.17, 15) is 19.2 Å². The Morgan fingerprint density at radius 3 is 2.03 bits per heavy atom. The monoisotopic (exact) mass is 457 g/mol. The van der Waals surface area contributed by atoms with Crippen LogP contribution in [0.15, 0.2) is 78.9 Å². The lowest BCUT2D eigenvalue weighted by atomic mass is 9.77. The molecular formula is C26H16ClNO5. The number of anilines is 1. The summed E-state index contributed by atoms with van der Waals surface area (Å²) in [4.78, 5) is 55.8. The quantitative estimate of drug-likeness (QED) is 0.428. The molecule has 3 atom stereocenters. The topological polar surface area (TPSA) is 80.8 Å². The molecule has 2 amide bonds. The fraction of sp³-hybridized carbons (Fsp3) is 0.154. The molecule has 2 aliphatic heterocycles. The molecule has 6 rings (SSSR count). The van der Waals surface area contributed by atoms with Gasteiger partial charge in [0, 0.05) is 16.1 Å². The number of hydrogen-bond donors (Lipinski definition) is 0. The fourth-order valence-electron chi connectivity index (χ4n) is 5.33. The minimum atomic E-state index is -2.07. The third-order valence-corrected chi connectivity index (χ3v) is 6.95. The van der Waals surface area contributed by atoms with Crippen molar-refractivity contribution in [1.82, 2.24) is 0 Å². The molecule has 0 unspecified atom stereocenters. The number of benzene rings is 3. The lowest BCUT2D eigenvalue weighted by Gasteiger charge is -2.27. The van der Waals surface area contributed by atoms with Gasteiger partial charge in [0.25, 0.3) is 0 Å². The second kappa shape index (κ2) is 6.94. The number of carbonyl (C=O) groups excluding carboxylic acids is 4. The predicted molar refractivity (Wildman–Crippen MR) is 119 cm³/mol. The molecule has 7 heteroatoms. The van der Waals surface area contributed by atoms with E-state index in [1.807, 2.05) is 6.07 Å². The molecule has 1 spiro atoms. The van der Waals surface area contributed by atoms with Crippen molar-refractivity contribution in [1.29, 1.82) is 0 Å². The zero-order valence-electron chi connectivity index (χ0n) is 17.1. The maximum absolute atomic E-state index is 13.8. The molecule has 0 N–H and O–H groups in total. The predicted octanol–water partition coefficient (Wildman–Crippen LogP) is 4.04. The molecule has 3 aromatic rings. The van der Waals surface area contributed by atoms with Gasteiger partial charge in [-0.05, 0) is 23.8 Å². The minimum absolute atomic E-state index is 0.205. The summed E-state index contributed by atoms with van der Waals surface area (Å²) in [6, 6.07) is 21.7. The summed E-state index contributed by atoms with van der Waals surface area (Å²) in [7, 11) is 0. The van der Waals surface area contributed by atoms with Gasteiger partial charge in [0.15, 0.2) is 0 Å². The van der Waals surface area contributed by atoms with Crippen LogP contribution >= 0.6 is 11.6 Å². The molecule has 2 fully saturated rings. The zero-order valence-corrected chi connectivity index (χ0v) is 17.9. The molecule has 0 saturated carbocycles. The van der Waals surface area contributed by atoms with Crippen LogP contribution in [0.1, 0.15) is 32.4 Å². The van der Waals surface area contributed by atoms with E-state index < -0.39 is 46.9 Å². The van der Waals surface area contributed by atoms with Gasteiger partial charge in [0.2, 0.25) is 29.0 Å². The van der Waals surface area contributed by atoms with E-state index in [1.165, 1.54) is 6.07 Å². The molecule has 0 aromatic heterocycles. The zero-order chi connectivity index (χ0) is 22.9. The Morgan fingerprint density at radius 1 is 0.758 bits per heavy atom. The number of Topliss-reactive ketones (excluding diaryl/α,β-unsaturated/α-hetero) is 2. The van der Waals surface area contributed by atoms with Gasteiger partial charge in [-0.3, -0.25) is 19.2 Å². The minimum Gasteiger partial charge on any atom is -0.349 e. The van der Waals surface area contributed by atoms with Crippen molar-refractivity contribution in [3.05, 3.63) is 101 Å². The van der Waals surface area contributed by atoms with Crippen LogP contribution in [0.2, 0.25) is 5.02 Å². The summed E-state index contributed by atoms with van der Waals surface area (Å²) in [5.41, 5.74) is -0.748. The van der Waals surface area contributed by atoms with Crippen LogP contribution in [0.3, 0.4) is 0 Å². The van der Waals surface area contributed by atoms with Gasteiger partial charge in [-0.1, -0.05) is 72.3 Å². The van der Waals surface area contributed by atoms with Crippen LogP contribution in [0.5, 0.6) is 0 Å². The van der Waals surface area contributed by atoms with Gasteiger partial charge in [-0.2, -0.15) is 0 Å². The first-order valence-corrected chi connectivity index (χ1v) is 10.9. The maximum Gasteiger partial charge on any atom is 0.241 e. The van der Waals surface area contributed by atoms with Crippen molar-refractivity contribution in [3.63, 3.8) is 0 Å². The van der Waals surface area contributed by atoms with E-state index in [4.69, 9.17) is 16.3 Å². The fourth-order valence-corrected chi connectivity index (χ4v) is 5.52. The Labute approximate surface area is 193 Å². The summed E-state index contributed by atoms with van der Waals surface area (Å²) < 4.78 is 6.23. The van der Waals surface area contributed by atoms with E-state index >= 15 is 0 Å². The van der Waals surface area contributed by atoms with Crippen LogP contribution in [-0.4, -0.2) is 29.0 Å². The molecule has 0 bridgehead atoms. The Hall–Kier alpha value is -3.61. The molecule has 6 nitrogen and oxygen atoms in total. The van der Waals surface area contributed by atoms with Gasteiger partial charge >= 0.3 is 0 Å². The van der Waals surface area contributed by atoms with Crippen LogP contribution in [-0.2, 0) is 14.3 Å². The first-order valence-electron chi connectivity index (χ1n) is 10.5. The van der Waals surface area contributed by atoms with E-state index in [1.54, 1.807) is 66.7 Å². The smallest absolute Gasteiger partial charge is 0.241 e. The second-order valence-corrected chi connectivity index (χ2v) is 8.82. The SMILES string of the molecule is O=C1[C@H]2[C@@H](c3ccccc3)OC3(C(=O)c4ccccc4C3=O)[C@@H]2C(=O)N1c1cccc(Cl)c1. The molecule has 33 heavy (non-hydrogen) atoms. The molecule has 1 aliphatic carbocycles. The summed E-state index contributed by atoms with van der Waals surface area (Å²) in [5, 5.41) is 0.358. The average Bonchev–Trinajstić information content (AvgIpc) is 3.40. The van der Waals surface area contributed by atoms with Crippen LogP contribution in [0.4, 0.5) is 5.69 Å². The number of fused-ring (bicyclic) bond motifs is 3. The van der Waals surface area contributed by atoms with Crippen molar-refractivity contribution in [2.75, 3.05) is 4.90 Å².